The molecule has 0 spiro atoms. The van der Waals surface area contributed by atoms with Crippen LogP contribution in [-0.4, -0.2) is 63.1 Å². The molecule has 4 aliphatic rings. The highest BCUT2D eigenvalue weighted by atomic mass is 32.2. The van der Waals surface area contributed by atoms with E-state index in [0.29, 0.717) is 16.9 Å². The van der Waals surface area contributed by atoms with Gasteiger partial charge in [0, 0.05) is 0 Å². The van der Waals surface area contributed by atoms with Crippen molar-refractivity contribution in [1.82, 2.24) is 0 Å². The molecule has 5 atom stereocenters. The Morgan fingerprint density at radius 1 is 1.06 bits per heavy atom. The van der Waals surface area contributed by atoms with Crippen LogP contribution < -0.4 is 10.5 Å². The van der Waals surface area contributed by atoms with Crippen LogP contribution in [0.1, 0.15) is 38.8 Å². The predicted octanol–water partition coefficient (Wildman–Crippen LogP) is 1.01. The molecule has 0 amide bonds. The van der Waals surface area contributed by atoms with Gasteiger partial charge in [0.1, 0.15) is 42.6 Å². The van der Waals surface area contributed by atoms with E-state index in [0.717, 1.165) is 0 Å². The molecule has 2 unspecified atom stereocenters. The summed E-state index contributed by atoms with van der Waals surface area (Å²) in [5, 5.41) is 0. The van der Waals surface area contributed by atoms with Crippen molar-refractivity contribution in [2.45, 2.75) is 75.7 Å². The smallest absolute Gasteiger partial charge is 0.259 e. The Kier molecular flexibility index (Phi) is 4.68. The number of benzene rings is 1. The van der Waals surface area contributed by atoms with Crippen LogP contribution in [0.4, 0.5) is 0 Å². The van der Waals surface area contributed by atoms with Crippen molar-refractivity contribution in [3.8, 4) is 5.75 Å². The molecule has 0 radical (unpaired) electrons. The third-order valence-corrected chi connectivity index (χ3v) is 6.75. The molecule has 1 aromatic carbocycles. The summed E-state index contributed by atoms with van der Waals surface area (Å²) in [6.07, 6.45) is -2.36. The lowest BCUT2D eigenvalue weighted by Gasteiger charge is -2.37. The molecule has 3 saturated heterocycles. The Hall–Kier alpha value is -1.76. The van der Waals surface area contributed by atoms with Crippen molar-refractivity contribution in [3.05, 3.63) is 29.3 Å². The number of sulfonamides is 1. The van der Waals surface area contributed by atoms with E-state index < -0.39 is 46.2 Å². The summed E-state index contributed by atoms with van der Waals surface area (Å²) in [6, 6.07) is 5.13. The van der Waals surface area contributed by atoms with Gasteiger partial charge in [-0.2, -0.15) is 0 Å². The highest BCUT2D eigenvalue weighted by Gasteiger charge is 2.60. The summed E-state index contributed by atoms with van der Waals surface area (Å²) in [5.41, 5.74) is 6.96. The molecule has 5 rings (SSSR count). The molecule has 3 fully saturated rings. The van der Waals surface area contributed by atoms with Crippen molar-refractivity contribution < 1.29 is 36.8 Å². The highest BCUT2D eigenvalue weighted by molar-refractivity contribution is 7.89. The first kappa shape index (κ1) is 21.1. The number of fused-ring (bicyclic) bond motifs is 4. The van der Waals surface area contributed by atoms with Crippen LogP contribution in [-0.2, 0) is 39.5 Å². The van der Waals surface area contributed by atoms with E-state index in [2.05, 4.69) is 4.40 Å². The fraction of sp³-hybridized carbons (Fsp3) is 0.650. The summed E-state index contributed by atoms with van der Waals surface area (Å²) >= 11 is 0. The standard InChI is InChI=1S/C20H26N2O8S/c1-19(2)27-14-12(26-18-16(15(14)28-19)29-20(3,4)30-18)8-25-11-7-5-6-10-9-31(23,24)22-17(21)13(10)11/h5-7,12,14-16,18H,8-9H2,1-4H3,(H2,21,22)/t12?,14-,15?,16+,18-/m0/s1. The Labute approximate surface area is 180 Å². The van der Waals surface area contributed by atoms with Crippen LogP contribution in [0.25, 0.3) is 0 Å². The first-order chi connectivity index (χ1) is 14.4. The lowest BCUT2D eigenvalue weighted by atomic mass is 9.99. The van der Waals surface area contributed by atoms with E-state index in [1.807, 2.05) is 27.7 Å². The van der Waals surface area contributed by atoms with Crippen LogP contribution in [0.3, 0.4) is 0 Å². The fourth-order valence-electron chi connectivity index (χ4n) is 4.53. The van der Waals surface area contributed by atoms with E-state index >= 15 is 0 Å². The number of hydrogen-bond donors (Lipinski definition) is 1. The van der Waals surface area contributed by atoms with Crippen molar-refractivity contribution in [2.75, 3.05) is 6.61 Å². The minimum Gasteiger partial charge on any atom is -0.490 e. The largest absolute Gasteiger partial charge is 0.490 e. The monoisotopic (exact) mass is 454 g/mol. The maximum absolute atomic E-state index is 11.9. The van der Waals surface area contributed by atoms with E-state index in [9.17, 15) is 8.42 Å². The summed E-state index contributed by atoms with van der Waals surface area (Å²) in [5.74, 6) is -1.49. The molecule has 0 bridgehead atoms. The van der Waals surface area contributed by atoms with Crippen molar-refractivity contribution in [3.63, 3.8) is 0 Å². The van der Waals surface area contributed by atoms with Gasteiger partial charge < -0.3 is 34.2 Å². The SMILES string of the molecule is CC1(C)OC2[C@@H](O1)C(COc1cccc3c1C(N)=NS(=O)(=O)C3)O[C@H]1OC(C)(C)O[C@H]21. The predicted molar refractivity (Wildman–Crippen MR) is 108 cm³/mol. The molecular formula is C20H26N2O8S. The second-order valence-corrected chi connectivity index (χ2v) is 10.6. The first-order valence-electron chi connectivity index (χ1n) is 10.1. The average molecular weight is 455 g/mol. The van der Waals surface area contributed by atoms with E-state index in [4.69, 9.17) is 34.2 Å². The quantitative estimate of drug-likeness (QED) is 0.711. The van der Waals surface area contributed by atoms with Crippen molar-refractivity contribution in [2.24, 2.45) is 10.1 Å². The molecule has 170 valence electrons. The summed E-state index contributed by atoms with van der Waals surface area (Å²) in [7, 11) is -3.63. The van der Waals surface area contributed by atoms with Crippen molar-refractivity contribution in [1.29, 1.82) is 0 Å². The van der Waals surface area contributed by atoms with Gasteiger partial charge in [0.25, 0.3) is 10.0 Å². The van der Waals surface area contributed by atoms with Gasteiger partial charge in [0.15, 0.2) is 17.9 Å². The lowest BCUT2D eigenvalue weighted by molar-refractivity contribution is -0.238. The maximum atomic E-state index is 11.9. The number of ether oxygens (including phenoxy) is 6. The third kappa shape index (κ3) is 3.83. The minimum atomic E-state index is -3.63. The zero-order chi connectivity index (χ0) is 22.2. The van der Waals surface area contributed by atoms with Crippen molar-refractivity contribution >= 4 is 15.9 Å². The van der Waals surface area contributed by atoms with Gasteiger partial charge in [-0.3, -0.25) is 0 Å². The minimum absolute atomic E-state index is 0.0878. The van der Waals surface area contributed by atoms with Gasteiger partial charge in [0.2, 0.25) is 0 Å². The van der Waals surface area contributed by atoms with Crippen LogP contribution in [0.15, 0.2) is 22.6 Å². The second kappa shape index (κ2) is 6.87. The van der Waals surface area contributed by atoms with Gasteiger partial charge in [-0.25, -0.2) is 8.42 Å². The fourth-order valence-corrected chi connectivity index (χ4v) is 5.62. The molecule has 0 saturated carbocycles. The summed E-state index contributed by atoms with van der Waals surface area (Å²) in [4.78, 5) is 0. The van der Waals surface area contributed by atoms with E-state index in [-0.39, 0.29) is 24.3 Å². The number of nitrogens with zero attached hydrogens (tertiary/aromatic N) is 1. The molecule has 0 aliphatic carbocycles. The third-order valence-electron chi connectivity index (χ3n) is 5.60. The van der Waals surface area contributed by atoms with Crippen LogP contribution in [0.2, 0.25) is 0 Å². The first-order valence-corrected chi connectivity index (χ1v) is 11.7. The number of nitrogens with two attached hydrogens (primary N) is 1. The maximum Gasteiger partial charge on any atom is 0.259 e. The van der Waals surface area contributed by atoms with E-state index in [1.54, 1.807) is 18.2 Å². The molecule has 4 aliphatic heterocycles. The molecule has 31 heavy (non-hydrogen) atoms. The van der Waals surface area contributed by atoms with E-state index in [1.165, 1.54) is 0 Å². The lowest BCUT2D eigenvalue weighted by Crippen LogP contribution is -2.56. The van der Waals surface area contributed by atoms with Crippen LogP contribution in [0, 0.1) is 0 Å². The Morgan fingerprint density at radius 2 is 1.74 bits per heavy atom. The average Bonchev–Trinajstić information content (AvgIpc) is 3.12. The van der Waals surface area contributed by atoms with Gasteiger partial charge in [0.05, 0.1) is 11.3 Å². The highest BCUT2D eigenvalue weighted by Crippen LogP contribution is 2.44. The molecule has 10 nitrogen and oxygen atoms in total. The number of amidine groups is 1. The zero-order valence-electron chi connectivity index (χ0n) is 17.7. The second-order valence-electron chi connectivity index (χ2n) is 9.01. The number of rotatable bonds is 3. The number of hydrogen-bond acceptors (Lipinski definition) is 9. The molecule has 11 heteroatoms. The zero-order valence-corrected chi connectivity index (χ0v) is 18.5. The van der Waals surface area contributed by atoms with Gasteiger partial charge in [-0.1, -0.05) is 12.1 Å². The summed E-state index contributed by atoms with van der Waals surface area (Å²) < 4.78 is 63.7. The van der Waals surface area contributed by atoms with Crippen LogP contribution in [0.5, 0.6) is 5.75 Å². The Bertz CT molecular complexity index is 1040. The van der Waals surface area contributed by atoms with Gasteiger partial charge in [-0.05, 0) is 39.3 Å². The molecule has 0 aromatic heterocycles. The topological polar surface area (TPSA) is 128 Å². The Balaban J connectivity index is 1.39. The molecular weight excluding hydrogens is 428 g/mol. The molecule has 4 heterocycles. The Morgan fingerprint density at radius 3 is 2.52 bits per heavy atom. The molecule has 2 N–H and O–H groups in total. The van der Waals surface area contributed by atoms with Crippen LogP contribution >= 0.6 is 0 Å². The van der Waals surface area contributed by atoms with Gasteiger partial charge in [-0.15, -0.1) is 4.40 Å². The normalized spacial score (nSPS) is 36.8. The molecule has 1 aromatic rings. The summed E-state index contributed by atoms with van der Waals surface area (Å²) in [6.45, 7) is 7.43. The van der Waals surface area contributed by atoms with Gasteiger partial charge >= 0.3 is 0 Å².